The first kappa shape index (κ1) is 16.7. The van der Waals surface area contributed by atoms with E-state index in [1.807, 2.05) is 19.9 Å². The standard InChI is InChI=1S/C18H16ClFN2O2/c1-17(2)8-18(6-11(7-21)15(17)23)9-22(10-18)16(24)13-5-12(20)3-4-14(13)19/h3-6H,8-10H2,1-2H3. The summed E-state index contributed by atoms with van der Waals surface area (Å²) in [6, 6.07) is 5.65. The molecule has 1 spiro atoms. The van der Waals surface area contributed by atoms with Gasteiger partial charge in [-0.3, -0.25) is 9.59 Å². The van der Waals surface area contributed by atoms with Gasteiger partial charge in [-0.15, -0.1) is 0 Å². The van der Waals surface area contributed by atoms with Gasteiger partial charge in [-0.25, -0.2) is 4.39 Å². The second kappa shape index (κ2) is 5.42. The second-order valence-corrected chi connectivity index (χ2v) is 7.61. The van der Waals surface area contributed by atoms with E-state index in [1.54, 1.807) is 11.0 Å². The Balaban J connectivity index is 1.83. The number of carbonyl (C=O) groups excluding carboxylic acids is 2. The van der Waals surface area contributed by atoms with Gasteiger partial charge in [0, 0.05) is 23.9 Å². The molecule has 1 aromatic carbocycles. The van der Waals surface area contributed by atoms with Crippen LogP contribution in [0.5, 0.6) is 0 Å². The van der Waals surface area contributed by atoms with Crippen molar-refractivity contribution in [1.29, 1.82) is 5.26 Å². The monoisotopic (exact) mass is 346 g/mol. The lowest BCUT2D eigenvalue weighted by Gasteiger charge is -2.53. The molecule has 1 heterocycles. The lowest BCUT2D eigenvalue weighted by Crippen LogP contribution is -2.60. The number of Topliss-reactive ketones (excluding diaryl/α,β-unsaturated/α-hetero) is 1. The molecule has 0 aromatic heterocycles. The van der Waals surface area contributed by atoms with Gasteiger partial charge in [0.25, 0.3) is 5.91 Å². The van der Waals surface area contributed by atoms with Crippen LogP contribution in [0.1, 0.15) is 30.6 Å². The molecule has 6 heteroatoms. The lowest BCUT2D eigenvalue weighted by atomic mass is 9.61. The highest BCUT2D eigenvalue weighted by molar-refractivity contribution is 6.33. The Morgan fingerprint density at radius 3 is 2.67 bits per heavy atom. The maximum Gasteiger partial charge on any atom is 0.255 e. The van der Waals surface area contributed by atoms with Crippen molar-refractivity contribution < 1.29 is 14.0 Å². The normalized spacial score (nSPS) is 21.0. The van der Waals surface area contributed by atoms with Gasteiger partial charge in [0.05, 0.1) is 16.2 Å². The fourth-order valence-electron chi connectivity index (χ4n) is 3.72. The van der Waals surface area contributed by atoms with Crippen LogP contribution in [0.3, 0.4) is 0 Å². The number of likely N-dealkylation sites (tertiary alicyclic amines) is 1. The first-order valence-electron chi connectivity index (χ1n) is 7.60. The number of halogens is 2. The van der Waals surface area contributed by atoms with Crippen molar-refractivity contribution in [3.63, 3.8) is 0 Å². The van der Waals surface area contributed by atoms with Crippen LogP contribution in [0.4, 0.5) is 4.39 Å². The van der Waals surface area contributed by atoms with Gasteiger partial charge in [0.2, 0.25) is 0 Å². The highest BCUT2D eigenvalue weighted by Gasteiger charge is 2.52. The van der Waals surface area contributed by atoms with E-state index in [0.29, 0.717) is 19.5 Å². The van der Waals surface area contributed by atoms with Crippen molar-refractivity contribution >= 4 is 23.3 Å². The van der Waals surface area contributed by atoms with E-state index in [2.05, 4.69) is 0 Å². The fraction of sp³-hybridized carbons (Fsp3) is 0.389. The summed E-state index contributed by atoms with van der Waals surface area (Å²) in [7, 11) is 0. The molecule has 3 rings (SSSR count). The second-order valence-electron chi connectivity index (χ2n) is 7.21. The number of ketones is 1. The molecule has 1 fully saturated rings. The third-order valence-corrected chi connectivity index (χ3v) is 5.01. The highest BCUT2D eigenvalue weighted by Crippen LogP contribution is 2.48. The lowest BCUT2D eigenvalue weighted by molar-refractivity contribution is -0.127. The van der Waals surface area contributed by atoms with Gasteiger partial charge in [0.15, 0.2) is 5.78 Å². The van der Waals surface area contributed by atoms with Crippen LogP contribution < -0.4 is 0 Å². The van der Waals surface area contributed by atoms with Crippen molar-refractivity contribution in [3.8, 4) is 6.07 Å². The van der Waals surface area contributed by atoms with E-state index >= 15 is 0 Å². The summed E-state index contributed by atoms with van der Waals surface area (Å²) < 4.78 is 13.4. The maximum atomic E-state index is 13.4. The Bertz CT molecular complexity index is 817. The smallest absolute Gasteiger partial charge is 0.255 e. The molecule has 1 amide bonds. The van der Waals surface area contributed by atoms with Crippen LogP contribution in [-0.4, -0.2) is 29.7 Å². The molecule has 24 heavy (non-hydrogen) atoms. The molecule has 124 valence electrons. The summed E-state index contributed by atoms with van der Waals surface area (Å²) in [6.07, 6.45) is 2.27. The van der Waals surface area contributed by atoms with Crippen LogP contribution in [0, 0.1) is 28.0 Å². The minimum absolute atomic E-state index is 0.127. The molecule has 4 nitrogen and oxygen atoms in total. The quantitative estimate of drug-likeness (QED) is 0.783. The van der Waals surface area contributed by atoms with Gasteiger partial charge >= 0.3 is 0 Å². The molecule has 0 radical (unpaired) electrons. The van der Waals surface area contributed by atoms with Crippen molar-refractivity contribution in [2.75, 3.05) is 13.1 Å². The SMILES string of the molecule is CC1(C)CC2(C=C(C#N)C1=O)CN(C(=O)c1cc(F)ccc1Cl)C2. The molecule has 1 aliphatic heterocycles. The number of nitriles is 1. The van der Waals surface area contributed by atoms with Crippen LogP contribution in [-0.2, 0) is 4.79 Å². The summed E-state index contributed by atoms with van der Waals surface area (Å²) >= 11 is 5.99. The summed E-state index contributed by atoms with van der Waals surface area (Å²) in [5, 5.41) is 9.39. The Hall–Kier alpha value is -2.19. The van der Waals surface area contributed by atoms with Gasteiger partial charge in [-0.05, 0) is 24.6 Å². The first-order chi connectivity index (χ1) is 11.2. The zero-order valence-corrected chi connectivity index (χ0v) is 14.2. The Morgan fingerprint density at radius 2 is 2.04 bits per heavy atom. The summed E-state index contributed by atoms with van der Waals surface area (Å²) in [5.41, 5.74) is -0.729. The fourth-order valence-corrected chi connectivity index (χ4v) is 3.92. The minimum atomic E-state index is -0.633. The maximum absolute atomic E-state index is 13.4. The number of allylic oxidation sites excluding steroid dienone is 1. The number of amides is 1. The highest BCUT2D eigenvalue weighted by atomic mass is 35.5. The van der Waals surface area contributed by atoms with E-state index in [-0.39, 0.29) is 33.3 Å². The predicted molar refractivity (Wildman–Crippen MR) is 86.8 cm³/mol. The van der Waals surface area contributed by atoms with Gasteiger partial charge < -0.3 is 4.90 Å². The topological polar surface area (TPSA) is 61.2 Å². The molecule has 0 saturated carbocycles. The zero-order valence-electron chi connectivity index (χ0n) is 13.4. The van der Waals surface area contributed by atoms with Crippen molar-refractivity contribution in [1.82, 2.24) is 4.90 Å². The van der Waals surface area contributed by atoms with Gasteiger partial charge in [-0.1, -0.05) is 31.5 Å². The molecule has 0 bridgehead atoms. The first-order valence-corrected chi connectivity index (χ1v) is 7.97. The van der Waals surface area contributed by atoms with E-state index < -0.39 is 11.2 Å². The largest absolute Gasteiger partial charge is 0.337 e. The Kier molecular flexibility index (Phi) is 3.76. The van der Waals surface area contributed by atoms with E-state index in [9.17, 15) is 19.2 Å². The molecule has 2 aliphatic rings. The van der Waals surface area contributed by atoms with Crippen LogP contribution in [0.25, 0.3) is 0 Å². The molecule has 1 saturated heterocycles. The third kappa shape index (κ3) is 2.61. The van der Waals surface area contributed by atoms with Crippen molar-refractivity contribution in [3.05, 3.63) is 46.3 Å². The Morgan fingerprint density at radius 1 is 1.38 bits per heavy atom. The van der Waals surface area contributed by atoms with E-state index in [1.165, 1.54) is 12.1 Å². The summed E-state index contributed by atoms with van der Waals surface area (Å²) in [6.45, 7) is 4.41. The van der Waals surface area contributed by atoms with Crippen LogP contribution in [0.2, 0.25) is 5.02 Å². The van der Waals surface area contributed by atoms with E-state index in [0.717, 1.165) is 6.07 Å². The predicted octanol–water partition coefficient (Wildman–Crippen LogP) is 3.37. The average molecular weight is 347 g/mol. The summed E-state index contributed by atoms with van der Waals surface area (Å²) in [4.78, 5) is 26.3. The molecule has 0 atom stereocenters. The number of nitrogens with zero attached hydrogens (tertiary/aromatic N) is 2. The number of benzene rings is 1. The van der Waals surface area contributed by atoms with Gasteiger partial charge in [-0.2, -0.15) is 5.26 Å². The molecule has 1 aromatic rings. The third-order valence-electron chi connectivity index (χ3n) is 4.68. The number of hydrogen-bond acceptors (Lipinski definition) is 3. The van der Waals surface area contributed by atoms with Crippen molar-refractivity contribution in [2.24, 2.45) is 10.8 Å². The molecule has 1 aliphatic carbocycles. The number of hydrogen-bond donors (Lipinski definition) is 0. The molecule has 0 N–H and O–H groups in total. The number of carbonyl (C=O) groups is 2. The Labute approximate surface area is 144 Å². The molecular weight excluding hydrogens is 331 g/mol. The summed E-state index contributed by atoms with van der Waals surface area (Å²) in [5.74, 6) is -1.02. The van der Waals surface area contributed by atoms with Crippen molar-refractivity contribution in [2.45, 2.75) is 20.3 Å². The zero-order chi connectivity index (χ0) is 17.7. The molecule has 0 unspecified atom stereocenters. The van der Waals surface area contributed by atoms with Crippen LogP contribution in [0.15, 0.2) is 29.8 Å². The number of rotatable bonds is 1. The van der Waals surface area contributed by atoms with Gasteiger partial charge in [0.1, 0.15) is 11.9 Å². The minimum Gasteiger partial charge on any atom is -0.337 e. The molecular formula is C18H16ClFN2O2. The van der Waals surface area contributed by atoms with E-state index in [4.69, 9.17) is 11.6 Å². The average Bonchev–Trinajstić information content (AvgIpc) is 2.49. The van der Waals surface area contributed by atoms with Crippen LogP contribution >= 0.6 is 11.6 Å².